The second-order valence-electron chi connectivity index (χ2n) is 8.90. The lowest BCUT2D eigenvalue weighted by Gasteiger charge is -2.11. The van der Waals surface area contributed by atoms with Crippen LogP contribution in [0.15, 0.2) is 69.7 Å². The molecule has 0 aliphatic rings. The van der Waals surface area contributed by atoms with Crippen LogP contribution in [0, 0.1) is 0 Å². The third-order valence-corrected chi connectivity index (χ3v) is 6.68. The number of carbonyl (C=O) groups excluding carboxylic acids is 1. The van der Waals surface area contributed by atoms with Crippen molar-refractivity contribution in [2.24, 2.45) is 0 Å². The Kier molecular flexibility index (Phi) is 7.40. The second kappa shape index (κ2) is 10.9. The molecule has 3 aromatic carbocycles. The third kappa shape index (κ3) is 4.99. The maximum Gasteiger partial charge on any atom is 0.361 e. The van der Waals surface area contributed by atoms with Gasteiger partial charge in [0, 0.05) is 11.5 Å². The summed E-state index contributed by atoms with van der Waals surface area (Å²) in [5, 5.41) is 9.74. The van der Waals surface area contributed by atoms with E-state index in [4.69, 9.17) is 41.7 Å². The molecule has 0 radical (unpaired) electrons. The van der Waals surface area contributed by atoms with E-state index in [2.05, 4.69) is 10.3 Å². The Balaban J connectivity index is 1.37. The maximum atomic E-state index is 12.1. The van der Waals surface area contributed by atoms with Crippen LogP contribution in [0.1, 0.15) is 48.5 Å². The van der Waals surface area contributed by atoms with Crippen LogP contribution in [0.4, 0.5) is 0 Å². The van der Waals surface area contributed by atoms with Crippen molar-refractivity contribution >= 4 is 40.1 Å². The first kappa shape index (κ1) is 25.8. The number of carbonyl (C=O) groups is 1. The highest BCUT2D eigenvalue weighted by Crippen LogP contribution is 2.39. The largest absolute Gasteiger partial charge is 0.489 e. The first-order valence-corrected chi connectivity index (χ1v) is 12.9. The van der Waals surface area contributed by atoms with Crippen molar-refractivity contribution in [3.8, 4) is 28.1 Å². The molecule has 7 nitrogen and oxygen atoms in total. The SMILES string of the molecule is CCOC(=O)c1noc2cc(-c3ccc(OCc4c(-c5c(Cl)cccc5Cl)noc4C(C)C)cc3)ccc12. The fraction of sp³-hybridized carbons (Fsp3) is 0.207. The number of ether oxygens (including phenoxy) is 2. The molecule has 0 aliphatic carbocycles. The number of aromatic nitrogens is 2. The lowest BCUT2D eigenvalue weighted by Crippen LogP contribution is -2.05. The number of rotatable bonds is 8. The van der Waals surface area contributed by atoms with E-state index in [1.807, 2.05) is 50.2 Å². The van der Waals surface area contributed by atoms with Gasteiger partial charge in [-0.15, -0.1) is 0 Å². The van der Waals surface area contributed by atoms with Crippen molar-refractivity contribution in [1.29, 1.82) is 0 Å². The fourth-order valence-corrected chi connectivity index (χ4v) is 4.77. The highest BCUT2D eigenvalue weighted by Gasteiger charge is 2.24. The molecule has 0 spiro atoms. The molecule has 0 fully saturated rings. The average molecular weight is 551 g/mol. The molecular weight excluding hydrogens is 527 g/mol. The Labute approximate surface area is 229 Å². The van der Waals surface area contributed by atoms with E-state index in [9.17, 15) is 4.79 Å². The number of esters is 1. The van der Waals surface area contributed by atoms with Crippen molar-refractivity contribution in [2.75, 3.05) is 6.61 Å². The molecule has 5 aromatic rings. The fourth-order valence-electron chi connectivity index (χ4n) is 4.20. The number of nitrogens with zero attached hydrogens (tertiary/aromatic N) is 2. The van der Waals surface area contributed by atoms with Crippen molar-refractivity contribution in [1.82, 2.24) is 10.3 Å². The summed E-state index contributed by atoms with van der Waals surface area (Å²) in [4.78, 5) is 12.1. The minimum Gasteiger partial charge on any atom is -0.489 e. The molecule has 2 heterocycles. The summed E-state index contributed by atoms with van der Waals surface area (Å²) in [7, 11) is 0. The first-order chi connectivity index (χ1) is 18.4. The molecule has 0 saturated carbocycles. The predicted molar refractivity (Wildman–Crippen MR) is 146 cm³/mol. The first-order valence-electron chi connectivity index (χ1n) is 12.1. The van der Waals surface area contributed by atoms with Gasteiger partial charge in [-0.05, 0) is 54.4 Å². The van der Waals surface area contributed by atoms with Gasteiger partial charge in [0.1, 0.15) is 23.8 Å². The molecule has 0 aliphatic heterocycles. The highest BCUT2D eigenvalue weighted by molar-refractivity contribution is 6.39. The van der Waals surface area contributed by atoms with Crippen molar-refractivity contribution in [2.45, 2.75) is 33.3 Å². The van der Waals surface area contributed by atoms with Crippen LogP contribution < -0.4 is 4.74 Å². The van der Waals surface area contributed by atoms with Gasteiger partial charge in [0.25, 0.3) is 0 Å². The molecule has 0 bridgehead atoms. The van der Waals surface area contributed by atoms with Crippen molar-refractivity contribution < 1.29 is 23.3 Å². The third-order valence-electron chi connectivity index (χ3n) is 6.05. The van der Waals surface area contributed by atoms with Gasteiger partial charge in [-0.25, -0.2) is 4.79 Å². The Hall–Kier alpha value is -3.81. The number of hydrogen-bond acceptors (Lipinski definition) is 7. The normalized spacial score (nSPS) is 11.3. The van der Waals surface area contributed by atoms with E-state index >= 15 is 0 Å². The van der Waals surface area contributed by atoms with Gasteiger partial charge in [0.15, 0.2) is 11.3 Å². The molecule has 38 heavy (non-hydrogen) atoms. The van der Waals surface area contributed by atoms with E-state index in [0.29, 0.717) is 38.0 Å². The predicted octanol–water partition coefficient (Wildman–Crippen LogP) is 8.34. The molecule has 9 heteroatoms. The monoisotopic (exact) mass is 550 g/mol. The van der Waals surface area contributed by atoms with Crippen LogP contribution in [0.2, 0.25) is 10.0 Å². The zero-order valence-corrected chi connectivity index (χ0v) is 22.5. The Morgan fingerprint density at radius 1 is 0.947 bits per heavy atom. The number of benzene rings is 3. The molecule has 194 valence electrons. The average Bonchev–Trinajstić information content (AvgIpc) is 3.52. The topological polar surface area (TPSA) is 87.6 Å². The van der Waals surface area contributed by atoms with Crippen LogP contribution in [0.25, 0.3) is 33.4 Å². The number of halogens is 2. The molecule has 0 N–H and O–H groups in total. The molecule has 0 unspecified atom stereocenters. The summed E-state index contributed by atoms with van der Waals surface area (Å²) in [6.07, 6.45) is 0. The van der Waals surface area contributed by atoms with Gasteiger partial charge >= 0.3 is 5.97 Å². The Morgan fingerprint density at radius 3 is 2.34 bits per heavy atom. The van der Waals surface area contributed by atoms with Gasteiger partial charge in [-0.2, -0.15) is 0 Å². The minimum atomic E-state index is -0.506. The summed E-state index contributed by atoms with van der Waals surface area (Å²) < 4.78 is 22.2. The molecule has 0 amide bonds. The van der Waals surface area contributed by atoms with Gasteiger partial charge in [-0.1, -0.05) is 71.6 Å². The van der Waals surface area contributed by atoms with Crippen LogP contribution in [0.3, 0.4) is 0 Å². The van der Waals surface area contributed by atoms with Gasteiger partial charge in [0.2, 0.25) is 0 Å². The Bertz CT molecular complexity index is 1590. The molecule has 0 atom stereocenters. The quantitative estimate of drug-likeness (QED) is 0.179. The lowest BCUT2D eigenvalue weighted by molar-refractivity contribution is 0.0517. The van der Waals surface area contributed by atoms with Gasteiger partial charge in [-0.3, -0.25) is 0 Å². The number of hydrogen-bond donors (Lipinski definition) is 0. The molecule has 2 aromatic heterocycles. The van der Waals surface area contributed by atoms with Crippen molar-refractivity contribution in [3.63, 3.8) is 0 Å². The molecular formula is C29H24Cl2N2O5. The highest BCUT2D eigenvalue weighted by atomic mass is 35.5. The van der Waals surface area contributed by atoms with Gasteiger partial charge < -0.3 is 18.5 Å². The Morgan fingerprint density at radius 2 is 1.66 bits per heavy atom. The zero-order valence-electron chi connectivity index (χ0n) is 21.0. The zero-order chi connectivity index (χ0) is 26.8. The number of fused-ring (bicyclic) bond motifs is 1. The maximum absolute atomic E-state index is 12.1. The van der Waals surface area contributed by atoms with E-state index in [1.165, 1.54) is 0 Å². The summed E-state index contributed by atoms with van der Waals surface area (Å²) in [6.45, 7) is 6.29. The van der Waals surface area contributed by atoms with E-state index in [0.717, 1.165) is 22.5 Å². The van der Waals surface area contributed by atoms with Gasteiger partial charge in [0.05, 0.1) is 27.6 Å². The van der Waals surface area contributed by atoms with Crippen LogP contribution >= 0.6 is 23.2 Å². The van der Waals surface area contributed by atoms with Crippen LogP contribution in [0.5, 0.6) is 5.75 Å². The molecule has 0 saturated heterocycles. The van der Waals surface area contributed by atoms with Crippen LogP contribution in [-0.4, -0.2) is 22.9 Å². The van der Waals surface area contributed by atoms with Crippen molar-refractivity contribution in [3.05, 3.63) is 87.7 Å². The smallest absolute Gasteiger partial charge is 0.361 e. The van der Waals surface area contributed by atoms with E-state index < -0.39 is 5.97 Å². The van der Waals surface area contributed by atoms with E-state index in [1.54, 1.807) is 31.2 Å². The summed E-state index contributed by atoms with van der Waals surface area (Å²) >= 11 is 12.9. The van der Waals surface area contributed by atoms with E-state index in [-0.39, 0.29) is 24.8 Å². The summed E-state index contributed by atoms with van der Waals surface area (Å²) in [6, 6.07) is 18.5. The minimum absolute atomic E-state index is 0.0915. The summed E-state index contributed by atoms with van der Waals surface area (Å²) in [5.74, 6) is 0.976. The summed E-state index contributed by atoms with van der Waals surface area (Å²) in [5.41, 5.74) is 4.52. The lowest BCUT2D eigenvalue weighted by atomic mass is 10.0. The van der Waals surface area contributed by atoms with Crippen LogP contribution in [-0.2, 0) is 11.3 Å². The molecule has 5 rings (SSSR count). The standard InChI is InChI=1S/C29H24Cl2N2O5/c1-4-35-29(34)27-20-13-10-18(14-24(20)37-33-27)17-8-11-19(12-9-17)36-15-21-26(32-38-28(21)16(2)3)25-22(30)6-5-7-23(25)31/h5-14,16H,4,15H2,1-3H3. The second-order valence-corrected chi connectivity index (χ2v) is 9.72.